The van der Waals surface area contributed by atoms with E-state index in [-0.39, 0.29) is 0 Å². The molecule has 1 aliphatic rings. The molecule has 1 aromatic heterocycles. The Morgan fingerprint density at radius 3 is 3.05 bits per heavy atom. The number of para-hydroxylation sites is 1. The van der Waals surface area contributed by atoms with E-state index in [1.54, 1.807) is 0 Å². The molecule has 0 radical (unpaired) electrons. The summed E-state index contributed by atoms with van der Waals surface area (Å²) in [5.41, 5.74) is 1.99. The number of hydrogen-bond acceptors (Lipinski definition) is 3. The van der Waals surface area contributed by atoms with Crippen molar-refractivity contribution in [1.82, 2.24) is 4.98 Å². The Kier molecular flexibility index (Phi) is 3.85. The molecular formula is C15H16ClNO2. The summed E-state index contributed by atoms with van der Waals surface area (Å²) in [4.78, 5) is 4.52. The number of rotatable bonds is 4. The van der Waals surface area contributed by atoms with Crippen LogP contribution >= 0.6 is 11.6 Å². The van der Waals surface area contributed by atoms with E-state index in [9.17, 15) is 0 Å². The van der Waals surface area contributed by atoms with Crippen LogP contribution in [0.15, 0.2) is 30.3 Å². The quantitative estimate of drug-likeness (QED) is 0.803. The van der Waals surface area contributed by atoms with E-state index in [4.69, 9.17) is 21.1 Å². The van der Waals surface area contributed by atoms with E-state index in [2.05, 4.69) is 4.98 Å². The van der Waals surface area contributed by atoms with Gasteiger partial charge in [-0.05, 0) is 18.1 Å². The first-order chi connectivity index (χ1) is 9.36. The molecule has 3 nitrogen and oxygen atoms in total. The number of benzene rings is 1. The van der Waals surface area contributed by atoms with Gasteiger partial charge in [-0.15, -0.1) is 11.6 Å². The first-order valence-electron chi connectivity index (χ1n) is 6.52. The standard InChI is InChI=1S/C15H16ClNO2/c16-8-12-7-15(19-10-11-5-6-18-9-11)17-14-4-2-1-3-13(12)14/h1-4,7,11H,5-6,8-10H2. The highest BCUT2D eigenvalue weighted by atomic mass is 35.5. The van der Waals surface area contributed by atoms with Gasteiger partial charge in [-0.1, -0.05) is 18.2 Å². The van der Waals surface area contributed by atoms with E-state index in [0.717, 1.165) is 36.1 Å². The lowest BCUT2D eigenvalue weighted by molar-refractivity contribution is 0.165. The average molecular weight is 278 g/mol. The number of pyridine rings is 1. The van der Waals surface area contributed by atoms with Gasteiger partial charge in [0.25, 0.3) is 0 Å². The van der Waals surface area contributed by atoms with E-state index >= 15 is 0 Å². The Morgan fingerprint density at radius 2 is 2.26 bits per heavy atom. The molecule has 0 saturated carbocycles. The first-order valence-corrected chi connectivity index (χ1v) is 7.05. The lowest BCUT2D eigenvalue weighted by Gasteiger charge is -2.11. The highest BCUT2D eigenvalue weighted by Gasteiger charge is 2.16. The predicted molar refractivity (Wildman–Crippen MR) is 75.7 cm³/mol. The van der Waals surface area contributed by atoms with Crippen molar-refractivity contribution >= 4 is 22.5 Å². The lowest BCUT2D eigenvalue weighted by Crippen LogP contribution is -2.12. The van der Waals surface area contributed by atoms with E-state index in [0.29, 0.717) is 24.3 Å². The number of alkyl halides is 1. The zero-order valence-electron chi connectivity index (χ0n) is 10.6. The van der Waals surface area contributed by atoms with Gasteiger partial charge in [0.05, 0.1) is 18.7 Å². The van der Waals surface area contributed by atoms with Gasteiger partial charge in [-0.3, -0.25) is 0 Å². The lowest BCUT2D eigenvalue weighted by atomic mass is 10.1. The smallest absolute Gasteiger partial charge is 0.214 e. The second kappa shape index (κ2) is 5.76. The molecule has 0 N–H and O–H groups in total. The topological polar surface area (TPSA) is 31.4 Å². The summed E-state index contributed by atoms with van der Waals surface area (Å²) in [6.45, 7) is 2.29. The van der Waals surface area contributed by atoms with Gasteiger partial charge in [0.2, 0.25) is 5.88 Å². The molecule has 19 heavy (non-hydrogen) atoms. The molecule has 0 bridgehead atoms. The van der Waals surface area contributed by atoms with Gasteiger partial charge in [-0.2, -0.15) is 0 Å². The maximum atomic E-state index is 6.00. The maximum absolute atomic E-state index is 6.00. The van der Waals surface area contributed by atoms with Crippen LogP contribution in [0.1, 0.15) is 12.0 Å². The minimum atomic E-state index is 0.464. The highest BCUT2D eigenvalue weighted by Crippen LogP contribution is 2.24. The van der Waals surface area contributed by atoms with Crippen LogP contribution in [-0.2, 0) is 10.6 Å². The van der Waals surface area contributed by atoms with E-state index in [1.165, 1.54) is 0 Å². The highest BCUT2D eigenvalue weighted by molar-refractivity contribution is 6.18. The molecule has 0 spiro atoms. The monoisotopic (exact) mass is 277 g/mol. The summed E-state index contributed by atoms with van der Waals surface area (Å²) in [5, 5.41) is 1.09. The third-order valence-electron chi connectivity index (χ3n) is 3.41. The molecule has 0 amide bonds. The average Bonchev–Trinajstić information content (AvgIpc) is 2.97. The molecule has 2 aromatic rings. The van der Waals surface area contributed by atoms with Crippen LogP contribution in [0.3, 0.4) is 0 Å². The molecule has 1 fully saturated rings. The molecule has 1 saturated heterocycles. The number of aromatic nitrogens is 1. The third kappa shape index (κ3) is 2.82. The van der Waals surface area contributed by atoms with Gasteiger partial charge in [-0.25, -0.2) is 4.98 Å². The van der Waals surface area contributed by atoms with Gasteiger partial charge < -0.3 is 9.47 Å². The predicted octanol–water partition coefficient (Wildman–Crippen LogP) is 3.39. The number of fused-ring (bicyclic) bond motifs is 1. The Bertz CT molecular complexity index is 567. The minimum absolute atomic E-state index is 0.464. The molecule has 1 unspecified atom stereocenters. The maximum Gasteiger partial charge on any atom is 0.214 e. The van der Waals surface area contributed by atoms with E-state index < -0.39 is 0 Å². The number of halogens is 1. The van der Waals surface area contributed by atoms with Crippen molar-refractivity contribution in [2.75, 3.05) is 19.8 Å². The van der Waals surface area contributed by atoms with Crippen molar-refractivity contribution in [2.45, 2.75) is 12.3 Å². The Balaban J connectivity index is 1.82. The van der Waals surface area contributed by atoms with Crippen LogP contribution in [0, 0.1) is 5.92 Å². The number of nitrogens with zero attached hydrogens (tertiary/aromatic N) is 1. The van der Waals surface area contributed by atoms with Crippen molar-refractivity contribution in [3.05, 3.63) is 35.9 Å². The Morgan fingerprint density at radius 1 is 1.37 bits per heavy atom. The zero-order valence-corrected chi connectivity index (χ0v) is 11.4. The molecular weight excluding hydrogens is 262 g/mol. The van der Waals surface area contributed by atoms with Crippen molar-refractivity contribution in [3.8, 4) is 5.88 Å². The van der Waals surface area contributed by atoms with Crippen LogP contribution in [0.25, 0.3) is 10.9 Å². The van der Waals surface area contributed by atoms with Crippen LogP contribution < -0.4 is 4.74 Å². The van der Waals surface area contributed by atoms with Crippen molar-refractivity contribution < 1.29 is 9.47 Å². The molecule has 100 valence electrons. The molecule has 4 heteroatoms. The van der Waals surface area contributed by atoms with Gasteiger partial charge >= 0.3 is 0 Å². The van der Waals surface area contributed by atoms with E-state index in [1.807, 2.05) is 30.3 Å². The van der Waals surface area contributed by atoms with Crippen LogP contribution in [0.4, 0.5) is 0 Å². The fourth-order valence-corrected chi connectivity index (χ4v) is 2.54. The fraction of sp³-hybridized carbons (Fsp3) is 0.400. The molecule has 1 aromatic carbocycles. The molecule has 0 aliphatic carbocycles. The summed E-state index contributed by atoms with van der Waals surface area (Å²) < 4.78 is 11.1. The Labute approximate surface area is 117 Å². The fourth-order valence-electron chi connectivity index (χ4n) is 2.32. The third-order valence-corrected chi connectivity index (χ3v) is 3.70. The minimum Gasteiger partial charge on any atom is -0.477 e. The second-order valence-electron chi connectivity index (χ2n) is 4.81. The summed E-state index contributed by atoms with van der Waals surface area (Å²) >= 11 is 6.00. The molecule has 1 aliphatic heterocycles. The second-order valence-corrected chi connectivity index (χ2v) is 5.08. The van der Waals surface area contributed by atoms with Crippen molar-refractivity contribution in [2.24, 2.45) is 5.92 Å². The summed E-state index contributed by atoms with van der Waals surface area (Å²) in [6, 6.07) is 9.93. The van der Waals surface area contributed by atoms with Gasteiger partial charge in [0.1, 0.15) is 0 Å². The van der Waals surface area contributed by atoms with Crippen LogP contribution in [-0.4, -0.2) is 24.8 Å². The molecule has 1 atom stereocenters. The largest absolute Gasteiger partial charge is 0.477 e. The van der Waals surface area contributed by atoms with Crippen molar-refractivity contribution in [1.29, 1.82) is 0 Å². The molecule has 2 heterocycles. The van der Waals surface area contributed by atoms with Crippen molar-refractivity contribution in [3.63, 3.8) is 0 Å². The van der Waals surface area contributed by atoms with Gasteiger partial charge in [0.15, 0.2) is 0 Å². The molecule has 3 rings (SSSR count). The first kappa shape index (κ1) is 12.7. The SMILES string of the molecule is ClCc1cc(OCC2CCOC2)nc2ccccc12. The zero-order chi connectivity index (χ0) is 13.1. The number of ether oxygens (including phenoxy) is 2. The Hall–Kier alpha value is -1.32. The van der Waals surface area contributed by atoms with Crippen LogP contribution in [0.2, 0.25) is 0 Å². The number of hydrogen-bond donors (Lipinski definition) is 0. The normalized spacial score (nSPS) is 18.9. The van der Waals surface area contributed by atoms with Gasteiger partial charge in [0, 0.05) is 29.9 Å². The summed E-state index contributed by atoms with van der Waals surface area (Å²) in [5.74, 6) is 1.60. The van der Waals surface area contributed by atoms with Crippen LogP contribution in [0.5, 0.6) is 5.88 Å². The summed E-state index contributed by atoms with van der Waals surface area (Å²) in [6.07, 6.45) is 1.07. The summed E-state index contributed by atoms with van der Waals surface area (Å²) in [7, 11) is 0.